The number of benzene rings is 2. The smallest absolute Gasteiger partial charge is 0.328 e. The van der Waals surface area contributed by atoms with Crippen LogP contribution < -0.4 is 10.2 Å². The van der Waals surface area contributed by atoms with Gasteiger partial charge in [0.05, 0.1) is 12.6 Å². The highest BCUT2D eigenvalue weighted by Gasteiger charge is 2.57. The molecular weight excluding hydrogens is 430 g/mol. The number of hydrogen-bond donors (Lipinski definition) is 2. The lowest BCUT2D eigenvalue weighted by molar-refractivity contribution is -0.139. The molecule has 8 nitrogen and oxygen atoms in total. The highest BCUT2D eigenvalue weighted by atomic mass is 35.5. The number of nitrogens with one attached hydrogen (secondary N) is 1. The number of urea groups is 1. The number of β-amino-alcohol motifs (C(OH)–C–C–N with tert-alkyl or cyclic N) is 1. The Balaban J connectivity index is 1.46. The van der Waals surface area contributed by atoms with Crippen molar-refractivity contribution in [3.63, 3.8) is 0 Å². The van der Waals surface area contributed by atoms with Crippen LogP contribution in [0.25, 0.3) is 0 Å². The van der Waals surface area contributed by atoms with E-state index in [1.807, 2.05) is 54.3 Å². The van der Waals surface area contributed by atoms with E-state index in [0.717, 1.165) is 11.3 Å². The summed E-state index contributed by atoms with van der Waals surface area (Å²) < 4.78 is 0. The first-order valence-electron chi connectivity index (χ1n) is 10.7. The van der Waals surface area contributed by atoms with Crippen molar-refractivity contribution in [3.05, 3.63) is 64.7 Å². The number of carbonyl (C=O) groups excluding carboxylic acids is 2. The van der Waals surface area contributed by atoms with Crippen molar-refractivity contribution in [1.29, 1.82) is 0 Å². The van der Waals surface area contributed by atoms with Gasteiger partial charge in [-0.25, -0.2) is 4.79 Å². The van der Waals surface area contributed by atoms with Gasteiger partial charge in [-0.1, -0.05) is 47.5 Å². The molecule has 2 N–H and O–H groups in total. The Morgan fingerprint density at radius 2 is 1.81 bits per heavy atom. The Hall–Kier alpha value is -2.65. The van der Waals surface area contributed by atoms with Gasteiger partial charge in [0.15, 0.2) is 0 Å². The molecule has 3 saturated heterocycles. The largest absolute Gasteiger partial charge is 0.390 e. The van der Waals surface area contributed by atoms with Crippen LogP contribution in [0.2, 0.25) is 5.02 Å². The summed E-state index contributed by atoms with van der Waals surface area (Å²) in [7, 11) is 1.70. The van der Waals surface area contributed by atoms with Crippen LogP contribution in [-0.4, -0.2) is 76.5 Å². The molecule has 4 unspecified atom stereocenters. The Kier molecular flexibility index (Phi) is 5.33. The third-order valence-corrected chi connectivity index (χ3v) is 6.90. The highest BCUT2D eigenvalue weighted by Crippen LogP contribution is 2.34. The van der Waals surface area contributed by atoms with Gasteiger partial charge < -0.3 is 14.9 Å². The number of aryl methyl sites for hydroxylation is 1. The Morgan fingerprint density at radius 3 is 2.53 bits per heavy atom. The third-order valence-electron chi connectivity index (χ3n) is 6.54. The number of nitrogens with zero attached hydrogens (tertiary/aromatic N) is 4. The summed E-state index contributed by atoms with van der Waals surface area (Å²) in [6.07, 6.45) is -1.42. The summed E-state index contributed by atoms with van der Waals surface area (Å²) in [4.78, 5) is 33.5. The van der Waals surface area contributed by atoms with E-state index in [0.29, 0.717) is 23.7 Å². The van der Waals surface area contributed by atoms with Crippen molar-refractivity contribution in [1.82, 2.24) is 20.0 Å². The maximum Gasteiger partial charge on any atom is 0.328 e. The number of fused-ring (bicyclic) bond motifs is 3. The number of amides is 3. The number of halogens is 1. The predicted molar refractivity (Wildman–Crippen MR) is 121 cm³/mol. The zero-order chi connectivity index (χ0) is 22.6. The van der Waals surface area contributed by atoms with Crippen LogP contribution >= 0.6 is 11.6 Å². The molecule has 3 heterocycles. The second kappa shape index (κ2) is 8.04. The maximum atomic E-state index is 13.6. The predicted octanol–water partition coefficient (Wildman–Crippen LogP) is 1.81. The fraction of sp³-hybridized carbons (Fsp3) is 0.391. The van der Waals surface area contributed by atoms with E-state index in [-0.39, 0.29) is 24.8 Å². The zero-order valence-electron chi connectivity index (χ0n) is 18.0. The van der Waals surface area contributed by atoms with Gasteiger partial charge in [0.2, 0.25) is 0 Å². The number of carbonyl (C=O) groups is 2. The molecule has 2 aromatic carbocycles. The maximum absolute atomic E-state index is 13.6. The first kappa shape index (κ1) is 21.2. The Morgan fingerprint density at radius 1 is 1.09 bits per heavy atom. The molecule has 32 heavy (non-hydrogen) atoms. The van der Waals surface area contributed by atoms with E-state index in [9.17, 15) is 14.7 Å². The summed E-state index contributed by atoms with van der Waals surface area (Å²) >= 11 is 6.29. The zero-order valence-corrected chi connectivity index (χ0v) is 18.7. The molecule has 2 aromatic rings. The molecule has 0 aliphatic carbocycles. The second-order valence-electron chi connectivity index (χ2n) is 8.68. The fourth-order valence-corrected chi connectivity index (χ4v) is 5.07. The summed E-state index contributed by atoms with van der Waals surface area (Å²) in [5.41, 5.74) is 2.81. The molecule has 9 heteroatoms. The van der Waals surface area contributed by atoms with Crippen LogP contribution in [0.5, 0.6) is 0 Å². The molecule has 3 fully saturated rings. The first-order chi connectivity index (χ1) is 15.3. The average Bonchev–Trinajstić information content (AvgIpc) is 3.16. The van der Waals surface area contributed by atoms with Crippen LogP contribution in [0, 0.1) is 6.92 Å². The molecule has 168 valence electrons. The molecule has 3 aliphatic rings. The number of aliphatic hydroxyl groups excluding tert-OH is 1. The average molecular weight is 456 g/mol. The molecular formula is C23H26ClN5O3. The van der Waals surface area contributed by atoms with Crippen molar-refractivity contribution >= 4 is 29.2 Å². The third kappa shape index (κ3) is 3.44. The summed E-state index contributed by atoms with van der Waals surface area (Å²) in [5, 5.41) is 14.6. The monoisotopic (exact) mass is 455 g/mol. The standard InChI is InChI=1S/C23H26ClN5O3/c1-14-7-9-16(10-8-14)27-12-17(30)13-28-19-20(25-22(27)28)26(2)23(32)29(21(19)31)11-15-5-3-4-6-18(15)24/h3-10,17,19-20,22,25,30H,11-13H2,1-2H3. The minimum atomic E-state index is -0.624. The van der Waals surface area contributed by atoms with Crippen molar-refractivity contribution < 1.29 is 14.7 Å². The topological polar surface area (TPSA) is 79.4 Å². The van der Waals surface area contributed by atoms with E-state index in [2.05, 4.69) is 10.2 Å². The van der Waals surface area contributed by atoms with E-state index in [4.69, 9.17) is 11.6 Å². The number of imide groups is 1. The van der Waals surface area contributed by atoms with Gasteiger partial charge in [0.1, 0.15) is 18.5 Å². The minimum Gasteiger partial charge on any atom is -0.390 e. The molecule has 0 spiro atoms. The number of anilines is 1. The van der Waals surface area contributed by atoms with Crippen molar-refractivity contribution in [2.24, 2.45) is 0 Å². The van der Waals surface area contributed by atoms with Crippen molar-refractivity contribution in [2.45, 2.75) is 38.1 Å². The van der Waals surface area contributed by atoms with E-state index >= 15 is 0 Å². The van der Waals surface area contributed by atoms with Crippen LogP contribution in [0.1, 0.15) is 11.1 Å². The number of likely N-dealkylation sites (N-methyl/N-ethyl adjacent to an activating group) is 1. The molecule has 3 aliphatic heterocycles. The van der Waals surface area contributed by atoms with Crippen LogP contribution in [0.15, 0.2) is 48.5 Å². The molecule has 0 aromatic heterocycles. The van der Waals surface area contributed by atoms with Gasteiger partial charge in [-0.05, 0) is 30.7 Å². The minimum absolute atomic E-state index is 0.105. The van der Waals surface area contributed by atoms with E-state index in [1.54, 1.807) is 18.0 Å². The van der Waals surface area contributed by atoms with Gasteiger partial charge in [-0.15, -0.1) is 0 Å². The van der Waals surface area contributed by atoms with Gasteiger partial charge in [0.25, 0.3) is 5.91 Å². The van der Waals surface area contributed by atoms with Crippen molar-refractivity contribution in [2.75, 3.05) is 25.0 Å². The van der Waals surface area contributed by atoms with Gasteiger partial charge >= 0.3 is 6.03 Å². The summed E-state index contributed by atoms with van der Waals surface area (Å²) in [6.45, 7) is 2.91. The van der Waals surface area contributed by atoms with E-state index < -0.39 is 18.3 Å². The van der Waals surface area contributed by atoms with E-state index in [1.165, 1.54) is 4.90 Å². The number of aliphatic hydroxyl groups is 1. The normalized spacial score (nSPS) is 28.2. The summed E-state index contributed by atoms with van der Waals surface area (Å²) in [6, 6.07) is 14.3. The first-order valence-corrected chi connectivity index (χ1v) is 11.1. The molecule has 0 bridgehead atoms. The highest BCUT2D eigenvalue weighted by molar-refractivity contribution is 6.31. The quantitative estimate of drug-likeness (QED) is 0.735. The number of rotatable bonds is 3. The lowest BCUT2D eigenvalue weighted by Crippen LogP contribution is -2.66. The fourth-order valence-electron chi connectivity index (χ4n) is 4.87. The summed E-state index contributed by atoms with van der Waals surface area (Å²) in [5.74, 6) is -0.286. The van der Waals surface area contributed by atoms with Crippen molar-refractivity contribution in [3.8, 4) is 0 Å². The molecule has 3 amide bonds. The Bertz CT molecular complexity index is 1050. The molecule has 0 radical (unpaired) electrons. The van der Waals surface area contributed by atoms with Crippen LogP contribution in [0.3, 0.4) is 0 Å². The lowest BCUT2D eigenvalue weighted by atomic mass is 10.1. The number of hydrogen-bond acceptors (Lipinski definition) is 6. The van der Waals surface area contributed by atoms with Crippen LogP contribution in [0.4, 0.5) is 10.5 Å². The van der Waals surface area contributed by atoms with Gasteiger partial charge in [-0.2, -0.15) is 0 Å². The molecule has 0 saturated carbocycles. The molecule has 4 atom stereocenters. The SMILES string of the molecule is Cc1ccc(N2CC(O)CN3C4C(=O)N(Cc5ccccc5Cl)C(=O)N(C)C4NC23)cc1. The second-order valence-corrected chi connectivity index (χ2v) is 9.09. The lowest BCUT2D eigenvalue weighted by Gasteiger charge is -2.45. The van der Waals surface area contributed by atoms with Gasteiger partial charge in [0, 0.05) is 30.8 Å². The van der Waals surface area contributed by atoms with Crippen LogP contribution in [-0.2, 0) is 11.3 Å². The molecule has 5 rings (SSSR count). The van der Waals surface area contributed by atoms with Gasteiger partial charge in [-0.3, -0.25) is 19.9 Å². The Labute approximate surface area is 191 Å².